The number of carbonyl (C=O) groups excluding carboxylic acids is 1. The summed E-state index contributed by atoms with van der Waals surface area (Å²) < 4.78 is 18.0. The quantitative estimate of drug-likeness (QED) is 0.359. The molecule has 1 aromatic heterocycles. The van der Waals surface area contributed by atoms with E-state index in [2.05, 4.69) is 31.7 Å². The van der Waals surface area contributed by atoms with Crippen molar-refractivity contribution in [3.05, 3.63) is 102 Å². The molecule has 0 saturated carbocycles. The molecule has 3 heterocycles. The Labute approximate surface area is 240 Å². The summed E-state index contributed by atoms with van der Waals surface area (Å²) >= 11 is 0. The lowest BCUT2D eigenvalue weighted by Gasteiger charge is -2.40. The van der Waals surface area contributed by atoms with Crippen molar-refractivity contribution in [3.8, 4) is 0 Å². The number of aliphatic hydroxyl groups is 1. The second-order valence-electron chi connectivity index (χ2n) is 10.2. The number of aromatic nitrogens is 2. The van der Waals surface area contributed by atoms with Crippen LogP contribution in [0.4, 0.5) is 10.7 Å². The van der Waals surface area contributed by atoms with Crippen molar-refractivity contribution in [2.24, 2.45) is 0 Å². The summed E-state index contributed by atoms with van der Waals surface area (Å²) in [5.74, 6) is 0.772. The topological polar surface area (TPSA) is 109 Å². The second kappa shape index (κ2) is 14.2. The number of nitrogens with zero attached hydrogens (tertiary/aromatic N) is 4. The fourth-order valence-corrected chi connectivity index (χ4v) is 5.06. The molecule has 2 aliphatic heterocycles. The molecule has 3 aromatic rings. The number of hydrogen-bond donors (Lipinski definition) is 2. The number of hydrogen-bond acceptors (Lipinski definition) is 9. The molecule has 2 aliphatic rings. The molecule has 5 rings (SSSR count). The highest BCUT2D eigenvalue weighted by Gasteiger charge is 2.34. The highest BCUT2D eigenvalue weighted by molar-refractivity contribution is 5.67. The number of aliphatic hydroxyl groups excluding tert-OH is 1. The highest BCUT2D eigenvalue weighted by atomic mass is 16.7. The maximum absolute atomic E-state index is 11.7. The van der Waals surface area contributed by atoms with Gasteiger partial charge in [-0.25, -0.2) is 14.8 Å². The number of rotatable bonds is 10. The maximum atomic E-state index is 11.7. The van der Waals surface area contributed by atoms with E-state index < -0.39 is 12.4 Å². The number of nitrogens with one attached hydrogen (secondary N) is 1. The van der Waals surface area contributed by atoms with Crippen LogP contribution in [0.25, 0.3) is 0 Å². The van der Waals surface area contributed by atoms with Gasteiger partial charge >= 0.3 is 6.09 Å². The van der Waals surface area contributed by atoms with Gasteiger partial charge in [0.15, 0.2) is 6.29 Å². The predicted molar refractivity (Wildman–Crippen MR) is 154 cm³/mol. The molecule has 0 radical (unpaired) electrons. The van der Waals surface area contributed by atoms with E-state index in [9.17, 15) is 9.90 Å². The van der Waals surface area contributed by atoms with Crippen molar-refractivity contribution in [1.29, 1.82) is 0 Å². The van der Waals surface area contributed by atoms with Crippen LogP contribution < -0.4 is 10.2 Å². The number of piperazine rings is 1. The molecule has 41 heavy (non-hydrogen) atoms. The zero-order valence-electron chi connectivity index (χ0n) is 23.1. The van der Waals surface area contributed by atoms with Gasteiger partial charge in [-0.2, -0.15) is 0 Å². The van der Waals surface area contributed by atoms with Gasteiger partial charge < -0.3 is 29.5 Å². The Balaban J connectivity index is 1.24. The molecule has 0 bridgehead atoms. The SMILES string of the molecule is C=CCOC(=O)NCc1ccc([C@H]2O[C@@H](CN3CCN(c4ncccn4)CC3)C[C@@H](c3ccc(CO)cc3)O2)cc1. The number of ether oxygens (including phenoxy) is 3. The molecule has 10 nitrogen and oxygen atoms in total. The summed E-state index contributed by atoms with van der Waals surface area (Å²) in [4.78, 5) is 25.2. The third-order valence-corrected chi connectivity index (χ3v) is 7.31. The molecule has 3 atom stereocenters. The van der Waals surface area contributed by atoms with Crippen molar-refractivity contribution in [2.75, 3.05) is 44.2 Å². The molecule has 2 N–H and O–H groups in total. The summed E-state index contributed by atoms with van der Waals surface area (Å²) in [5.41, 5.74) is 3.78. The van der Waals surface area contributed by atoms with Gasteiger partial charge in [-0.1, -0.05) is 61.2 Å². The normalized spacial score (nSPS) is 21.3. The van der Waals surface area contributed by atoms with Crippen molar-refractivity contribution >= 4 is 12.0 Å². The molecular formula is C31H37N5O5. The summed E-state index contributed by atoms with van der Waals surface area (Å²) in [5, 5.41) is 12.2. The molecule has 2 fully saturated rings. The number of alkyl carbamates (subject to hydrolysis) is 1. The Morgan fingerprint density at radius 1 is 1.00 bits per heavy atom. The first-order chi connectivity index (χ1) is 20.1. The first-order valence-electron chi connectivity index (χ1n) is 14.0. The van der Waals surface area contributed by atoms with Crippen LogP contribution in [-0.2, 0) is 27.4 Å². The van der Waals surface area contributed by atoms with Gasteiger partial charge in [0.25, 0.3) is 0 Å². The minimum absolute atomic E-state index is 0.00729. The number of carbonyl (C=O) groups is 1. The van der Waals surface area contributed by atoms with Crippen molar-refractivity contribution < 1.29 is 24.1 Å². The number of anilines is 1. The Bertz CT molecular complexity index is 1250. The van der Waals surface area contributed by atoms with Crippen molar-refractivity contribution in [2.45, 2.75) is 38.1 Å². The van der Waals surface area contributed by atoms with Crippen LogP contribution in [0.5, 0.6) is 0 Å². The Morgan fingerprint density at radius 3 is 2.37 bits per heavy atom. The van der Waals surface area contributed by atoms with E-state index in [0.717, 1.165) is 67.3 Å². The van der Waals surface area contributed by atoms with E-state index in [0.29, 0.717) is 6.54 Å². The zero-order valence-corrected chi connectivity index (χ0v) is 23.1. The molecular weight excluding hydrogens is 522 g/mol. The van der Waals surface area contributed by atoms with Gasteiger partial charge in [0.05, 0.1) is 18.8 Å². The lowest BCUT2D eigenvalue weighted by Crippen LogP contribution is -2.50. The van der Waals surface area contributed by atoms with Gasteiger partial charge in [0.1, 0.15) is 6.61 Å². The van der Waals surface area contributed by atoms with E-state index >= 15 is 0 Å². The van der Waals surface area contributed by atoms with Crippen LogP contribution in [-0.4, -0.2) is 71.5 Å². The van der Waals surface area contributed by atoms with Gasteiger partial charge in [-0.05, 0) is 22.8 Å². The molecule has 216 valence electrons. The zero-order chi connectivity index (χ0) is 28.4. The minimum Gasteiger partial charge on any atom is -0.445 e. The standard InChI is InChI=1S/C31H37N5O5/c1-2-18-39-31(38)34-20-23-4-10-26(11-5-23)29-40-27(19-28(41-29)25-8-6-24(22-37)7-9-25)21-35-14-16-36(17-15-35)30-32-12-3-13-33-30/h2-13,27-29,37H,1,14-22H2,(H,34,38)/t27-,28+,29+/m1/s1. The maximum Gasteiger partial charge on any atom is 0.407 e. The monoisotopic (exact) mass is 559 g/mol. The first kappa shape index (κ1) is 28.7. The largest absolute Gasteiger partial charge is 0.445 e. The van der Waals surface area contributed by atoms with Gasteiger partial charge in [-0.3, -0.25) is 4.90 Å². The van der Waals surface area contributed by atoms with Crippen LogP contribution >= 0.6 is 0 Å². The summed E-state index contributed by atoms with van der Waals surface area (Å²) in [7, 11) is 0. The molecule has 2 saturated heterocycles. The fourth-order valence-electron chi connectivity index (χ4n) is 5.06. The van der Waals surface area contributed by atoms with Gasteiger partial charge in [0.2, 0.25) is 5.95 Å². The average molecular weight is 560 g/mol. The Hall–Kier alpha value is -3.83. The van der Waals surface area contributed by atoms with Crippen LogP contribution in [0.15, 0.2) is 79.6 Å². The van der Waals surface area contributed by atoms with Crippen molar-refractivity contribution in [1.82, 2.24) is 20.2 Å². The van der Waals surface area contributed by atoms with Gasteiger partial charge in [-0.15, -0.1) is 0 Å². The number of amides is 1. The van der Waals surface area contributed by atoms with E-state index in [4.69, 9.17) is 14.2 Å². The fraction of sp³-hybridized carbons (Fsp3) is 0.387. The van der Waals surface area contributed by atoms with Crippen LogP contribution in [0.1, 0.15) is 41.1 Å². The lowest BCUT2D eigenvalue weighted by atomic mass is 9.99. The third kappa shape index (κ3) is 7.89. The van der Waals surface area contributed by atoms with E-state index in [1.54, 1.807) is 12.4 Å². The summed E-state index contributed by atoms with van der Waals surface area (Å²) in [6.07, 6.45) is 4.62. The average Bonchev–Trinajstić information content (AvgIpc) is 3.03. The van der Waals surface area contributed by atoms with Crippen LogP contribution in [0.2, 0.25) is 0 Å². The first-order valence-corrected chi connectivity index (χ1v) is 14.0. The summed E-state index contributed by atoms with van der Waals surface area (Å²) in [6.45, 7) is 8.39. The molecule has 2 aromatic carbocycles. The Morgan fingerprint density at radius 2 is 1.68 bits per heavy atom. The lowest BCUT2D eigenvalue weighted by molar-refractivity contribution is -0.253. The molecule has 0 spiro atoms. The molecule has 1 amide bonds. The third-order valence-electron chi connectivity index (χ3n) is 7.31. The Kier molecular flexibility index (Phi) is 9.92. The molecule has 0 unspecified atom stereocenters. The second-order valence-corrected chi connectivity index (χ2v) is 10.2. The van der Waals surface area contributed by atoms with Crippen LogP contribution in [0.3, 0.4) is 0 Å². The predicted octanol–water partition coefficient (Wildman–Crippen LogP) is 3.75. The highest BCUT2D eigenvalue weighted by Crippen LogP contribution is 2.38. The molecule has 0 aliphatic carbocycles. The van der Waals surface area contributed by atoms with Crippen molar-refractivity contribution in [3.63, 3.8) is 0 Å². The van der Waals surface area contributed by atoms with Crippen LogP contribution in [0, 0.1) is 0 Å². The minimum atomic E-state index is -0.533. The smallest absolute Gasteiger partial charge is 0.407 e. The van der Waals surface area contributed by atoms with Gasteiger partial charge in [0, 0.05) is 63.6 Å². The van der Waals surface area contributed by atoms with E-state index in [-0.39, 0.29) is 25.4 Å². The van der Waals surface area contributed by atoms with E-state index in [1.807, 2.05) is 54.6 Å². The van der Waals surface area contributed by atoms with E-state index in [1.165, 1.54) is 6.08 Å². The molecule has 10 heteroatoms. The summed E-state index contributed by atoms with van der Waals surface area (Å²) in [6, 6.07) is 17.6. The number of benzene rings is 2.